The molecule has 0 radical (unpaired) electrons. The van der Waals surface area contributed by atoms with Crippen LogP contribution in [0.5, 0.6) is 0 Å². The van der Waals surface area contributed by atoms with Gasteiger partial charge >= 0.3 is 0 Å². The van der Waals surface area contributed by atoms with E-state index in [0.717, 1.165) is 27.4 Å². The number of fused-ring (bicyclic) bond motifs is 5. The molecule has 22 heavy (non-hydrogen) atoms. The summed E-state index contributed by atoms with van der Waals surface area (Å²) in [5.41, 5.74) is 4.35. The van der Waals surface area contributed by atoms with Gasteiger partial charge in [0.05, 0.1) is 11.0 Å². The van der Waals surface area contributed by atoms with Crippen LogP contribution in [0.1, 0.15) is 5.56 Å². The van der Waals surface area contributed by atoms with Gasteiger partial charge in [0, 0.05) is 29.4 Å². The summed E-state index contributed by atoms with van der Waals surface area (Å²) in [6.45, 7) is 2.05. The largest absolute Gasteiger partial charge is 0.283 e. The lowest BCUT2D eigenvalue weighted by atomic mass is 10.1. The van der Waals surface area contributed by atoms with Gasteiger partial charge in [-0.25, -0.2) is 4.98 Å². The fraction of sp³-hybridized carbons (Fsp3) is 0.0588. The lowest BCUT2D eigenvalue weighted by Gasteiger charge is -2.03. The van der Waals surface area contributed by atoms with Crippen LogP contribution in [0.15, 0.2) is 47.7 Å². The Morgan fingerprint density at radius 1 is 0.864 bits per heavy atom. The molecule has 0 aliphatic carbocycles. The summed E-state index contributed by atoms with van der Waals surface area (Å²) in [4.78, 5) is 25.9. The minimum absolute atomic E-state index is 0.146. The molecule has 0 unspecified atom stereocenters. The molecule has 0 amide bonds. The predicted molar refractivity (Wildman–Crippen MR) is 85.5 cm³/mol. The molecule has 5 nitrogen and oxygen atoms in total. The van der Waals surface area contributed by atoms with Crippen LogP contribution in [-0.4, -0.2) is 19.4 Å². The molecule has 0 aliphatic rings. The van der Waals surface area contributed by atoms with E-state index in [0.29, 0.717) is 16.6 Å². The third kappa shape index (κ3) is 1.24. The molecule has 0 N–H and O–H groups in total. The van der Waals surface area contributed by atoms with Crippen LogP contribution in [0.3, 0.4) is 0 Å². The number of aryl methyl sites for hydroxylation is 1. The fourth-order valence-electron chi connectivity index (χ4n) is 3.24. The van der Waals surface area contributed by atoms with E-state index >= 15 is 0 Å². The summed E-state index contributed by atoms with van der Waals surface area (Å²) in [5, 5.41) is 2.08. The van der Waals surface area contributed by atoms with E-state index in [1.165, 1.54) is 6.20 Å². The normalized spacial score (nSPS) is 12.0. The second kappa shape index (κ2) is 3.76. The lowest BCUT2D eigenvalue weighted by molar-refractivity contribution is 1.16. The van der Waals surface area contributed by atoms with Crippen LogP contribution in [0.2, 0.25) is 0 Å². The molecule has 0 saturated heterocycles. The maximum atomic E-state index is 12.9. The van der Waals surface area contributed by atoms with Crippen molar-refractivity contribution in [2.45, 2.75) is 6.92 Å². The van der Waals surface area contributed by atoms with Gasteiger partial charge in [0.1, 0.15) is 11.0 Å². The summed E-state index contributed by atoms with van der Waals surface area (Å²) in [6, 6.07) is 8.04. The van der Waals surface area contributed by atoms with Gasteiger partial charge in [0.2, 0.25) is 0 Å². The van der Waals surface area contributed by atoms with Crippen molar-refractivity contribution in [2.75, 3.05) is 0 Å². The third-order valence-electron chi connectivity index (χ3n) is 4.16. The molecule has 4 heterocycles. The Hall–Kier alpha value is -3.08. The first-order chi connectivity index (χ1) is 10.8. The van der Waals surface area contributed by atoms with Crippen LogP contribution in [0.25, 0.3) is 38.4 Å². The molecule has 0 aliphatic heterocycles. The monoisotopic (exact) mass is 286 g/mol. The van der Waals surface area contributed by atoms with E-state index in [2.05, 4.69) is 21.0 Å². The number of nitrogens with zero attached hydrogens (tertiary/aromatic N) is 4. The number of aromatic nitrogens is 4. The topological polar surface area (TPSA) is 60.2 Å². The maximum Gasteiger partial charge on any atom is 0.283 e. The summed E-state index contributed by atoms with van der Waals surface area (Å²) in [6.07, 6.45) is 4.89. The van der Waals surface area contributed by atoms with Crippen molar-refractivity contribution in [1.82, 2.24) is 19.4 Å². The molecule has 5 aromatic rings. The zero-order chi connectivity index (χ0) is 14.8. The average molecular weight is 286 g/mol. The molecule has 5 rings (SSSR count). The highest BCUT2D eigenvalue weighted by atomic mass is 16.1. The van der Waals surface area contributed by atoms with Crippen molar-refractivity contribution >= 4 is 38.4 Å². The van der Waals surface area contributed by atoms with E-state index in [4.69, 9.17) is 0 Å². The minimum Gasteiger partial charge on any atom is -0.272 e. The van der Waals surface area contributed by atoms with Crippen molar-refractivity contribution < 1.29 is 0 Å². The second-order valence-corrected chi connectivity index (χ2v) is 5.47. The van der Waals surface area contributed by atoms with Crippen molar-refractivity contribution in [3.05, 3.63) is 58.8 Å². The summed E-state index contributed by atoms with van der Waals surface area (Å²) < 4.78 is 1.71. The van der Waals surface area contributed by atoms with Crippen LogP contribution in [0, 0.1) is 6.92 Å². The molecule has 5 heteroatoms. The predicted octanol–water partition coefficient (Wildman–Crippen LogP) is 2.69. The van der Waals surface area contributed by atoms with Crippen LogP contribution < -0.4 is 5.56 Å². The van der Waals surface area contributed by atoms with Gasteiger partial charge in [-0.1, -0.05) is 11.6 Å². The Kier molecular flexibility index (Phi) is 1.98. The SMILES string of the molecule is Cc1ccc2c(c1)c1ccnc3c4nccnc4c(=O)n2c13. The molecule has 0 fully saturated rings. The number of rotatable bonds is 0. The maximum absolute atomic E-state index is 12.9. The van der Waals surface area contributed by atoms with Gasteiger partial charge in [-0.15, -0.1) is 0 Å². The van der Waals surface area contributed by atoms with Crippen molar-refractivity contribution in [1.29, 1.82) is 0 Å². The summed E-state index contributed by atoms with van der Waals surface area (Å²) in [7, 11) is 0. The molecule has 0 saturated carbocycles. The quantitative estimate of drug-likeness (QED) is 0.411. The Labute approximate surface area is 124 Å². The van der Waals surface area contributed by atoms with Gasteiger partial charge in [-0.05, 0) is 25.1 Å². The summed E-state index contributed by atoms with van der Waals surface area (Å²) in [5.74, 6) is 0. The Morgan fingerprint density at radius 3 is 2.50 bits per heavy atom. The lowest BCUT2D eigenvalue weighted by Crippen LogP contribution is -2.15. The van der Waals surface area contributed by atoms with E-state index in [9.17, 15) is 4.79 Å². The number of hydrogen-bond donors (Lipinski definition) is 0. The average Bonchev–Trinajstić information content (AvgIpc) is 2.88. The highest BCUT2D eigenvalue weighted by molar-refractivity contribution is 6.17. The highest BCUT2D eigenvalue weighted by Gasteiger charge is 2.18. The smallest absolute Gasteiger partial charge is 0.272 e. The first-order valence-corrected chi connectivity index (χ1v) is 7.01. The van der Waals surface area contributed by atoms with Crippen LogP contribution >= 0.6 is 0 Å². The van der Waals surface area contributed by atoms with E-state index in [1.807, 2.05) is 25.1 Å². The standard InChI is InChI=1S/C17H10N4O/c1-9-2-3-12-11(8-9)10-4-5-18-14-13-15(20-7-6-19-13)17(22)21(12)16(10)14/h2-8H,1H3. The number of hydrogen-bond acceptors (Lipinski definition) is 4. The van der Waals surface area contributed by atoms with E-state index in [-0.39, 0.29) is 5.56 Å². The molecule has 0 atom stereocenters. The van der Waals surface area contributed by atoms with Gasteiger partial charge in [-0.2, -0.15) is 0 Å². The first-order valence-electron chi connectivity index (χ1n) is 7.01. The molecule has 4 aromatic heterocycles. The molecule has 104 valence electrons. The number of pyridine rings is 2. The van der Waals surface area contributed by atoms with Crippen molar-refractivity contribution in [3.63, 3.8) is 0 Å². The van der Waals surface area contributed by atoms with Crippen molar-refractivity contribution in [3.8, 4) is 0 Å². The zero-order valence-electron chi connectivity index (χ0n) is 11.7. The van der Waals surface area contributed by atoms with E-state index in [1.54, 1.807) is 16.8 Å². The minimum atomic E-state index is -0.146. The van der Waals surface area contributed by atoms with Gasteiger partial charge in [0.15, 0.2) is 5.52 Å². The summed E-state index contributed by atoms with van der Waals surface area (Å²) >= 11 is 0. The Morgan fingerprint density at radius 2 is 1.64 bits per heavy atom. The molecular formula is C17H10N4O. The van der Waals surface area contributed by atoms with Gasteiger partial charge in [-0.3, -0.25) is 19.2 Å². The Balaban J connectivity index is 2.29. The first kappa shape index (κ1) is 11.6. The van der Waals surface area contributed by atoms with E-state index < -0.39 is 0 Å². The molecule has 0 bridgehead atoms. The number of benzene rings is 1. The molecular weight excluding hydrogens is 276 g/mol. The molecule has 0 spiro atoms. The Bertz CT molecular complexity index is 1260. The highest BCUT2D eigenvalue weighted by Crippen LogP contribution is 2.32. The third-order valence-corrected chi connectivity index (χ3v) is 4.16. The second-order valence-electron chi connectivity index (χ2n) is 5.47. The van der Waals surface area contributed by atoms with Gasteiger partial charge < -0.3 is 0 Å². The zero-order valence-corrected chi connectivity index (χ0v) is 11.7. The molecule has 1 aromatic carbocycles. The van der Waals surface area contributed by atoms with Gasteiger partial charge in [0.25, 0.3) is 5.56 Å². The van der Waals surface area contributed by atoms with Crippen LogP contribution in [0.4, 0.5) is 0 Å². The van der Waals surface area contributed by atoms with Crippen LogP contribution in [-0.2, 0) is 0 Å². The van der Waals surface area contributed by atoms with Crippen molar-refractivity contribution in [2.24, 2.45) is 0 Å². The fourth-order valence-corrected chi connectivity index (χ4v) is 3.24.